The number of thioether (sulfide) groups is 1. The highest BCUT2D eigenvalue weighted by Crippen LogP contribution is 2.46. The van der Waals surface area contributed by atoms with E-state index < -0.39 is 41.6 Å². The first-order valence-corrected chi connectivity index (χ1v) is 22.8. The van der Waals surface area contributed by atoms with Gasteiger partial charge in [0.1, 0.15) is 21.8 Å². The summed E-state index contributed by atoms with van der Waals surface area (Å²) in [7, 11) is 0. The summed E-state index contributed by atoms with van der Waals surface area (Å²) in [4.78, 5) is 56.7. The van der Waals surface area contributed by atoms with Gasteiger partial charge in [0, 0.05) is 21.6 Å². The molecule has 2 aliphatic heterocycles. The normalized spacial score (nSPS) is 16.2. The number of nitrogens with two attached hydrogens (primary N) is 2. The molecule has 4 heterocycles. The number of fused-ring (bicyclic) bond motifs is 1. The molecule has 320 valence electrons. The number of nitrogens with one attached hydrogen (secondary N) is 1. The Morgan fingerprint density at radius 3 is 1.80 bits per heavy atom. The number of amides is 2. The second-order valence-electron chi connectivity index (χ2n) is 14.6. The third kappa shape index (κ3) is 8.35. The molecule has 2 aliphatic rings. The van der Waals surface area contributed by atoms with Gasteiger partial charge in [-0.1, -0.05) is 203 Å². The van der Waals surface area contributed by atoms with E-state index in [4.69, 9.17) is 32.6 Å². The Bertz CT molecular complexity index is 2730. The van der Waals surface area contributed by atoms with Crippen molar-refractivity contribution in [3.05, 3.63) is 200 Å². The van der Waals surface area contributed by atoms with E-state index in [1.165, 1.54) is 16.7 Å². The number of hydrogen-bond donors (Lipinski definition) is 3. The lowest BCUT2D eigenvalue weighted by atomic mass is 9.80. The second-order valence-corrected chi connectivity index (χ2v) is 18.6. The second kappa shape index (κ2) is 18.5. The molecule has 2 aromatic heterocycles. The third-order valence-corrected chi connectivity index (χ3v) is 13.8. The van der Waals surface area contributed by atoms with E-state index in [0.29, 0.717) is 22.1 Å². The molecule has 2 amide bonds. The fourth-order valence-corrected chi connectivity index (χ4v) is 10.7. The Morgan fingerprint density at radius 2 is 1.31 bits per heavy atom. The number of oxime groups is 1. The molecule has 5 aromatic carbocycles. The molecule has 7 aromatic rings. The number of allylic oxidation sites excluding steroid dienone is 1. The van der Waals surface area contributed by atoms with Crippen LogP contribution in [0.1, 0.15) is 52.5 Å². The molecule has 1 fully saturated rings. The van der Waals surface area contributed by atoms with E-state index in [0.717, 1.165) is 50.5 Å². The molecule has 0 spiro atoms. The van der Waals surface area contributed by atoms with Gasteiger partial charge in [0.05, 0.1) is 6.04 Å². The lowest BCUT2D eigenvalue weighted by Crippen LogP contribution is -2.72. The van der Waals surface area contributed by atoms with Gasteiger partial charge in [0.2, 0.25) is 10.7 Å². The smallest absolute Gasteiger partial charge is 0.356 e. The maximum Gasteiger partial charge on any atom is 0.356 e. The Morgan fingerprint density at radius 1 is 0.781 bits per heavy atom. The van der Waals surface area contributed by atoms with Gasteiger partial charge in [-0.15, -0.1) is 10.2 Å². The molecule has 13 nitrogen and oxygen atoms in total. The number of benzene rings is 5. The van der Waals surface area contributed by atoms with Crippen LogP contribution in [0.5, 0.6) is 0 Å². The molecule has 0 radical (unpaired) electrons. The number of halogens is 1. The summed E-state index contributed by atoms with van der Waals surface area (Å²) in [5, 5.41) is 15.9. The molecular weight excluding hydrogens is 888 g/mol. The van der Waals surface area contributed by atoms with E-state index in [2.05, 4.69) is 25.7 Å². The highest BCUT2D eigenvalue weighted by atomic mass is 35.5. The van der Waals surface area contributed by atoms with Crippen LogP contribution in [-0.4, -0.2) is 55.7 Å². The lowest BCUT2D eigenvalue weighted by molar-refractivity contribution is -0.158. The molecule has 0 saturated carbocycles. The van der Waals surface area contributed by atoms with Gasteiger partial charge < -0.3 is 26.4 Å². The van der Waals surface area contributed by atoms with Crippen LogP contribution in [0.3, 0.4) is 0 Å². The summed E-state index contributed by atoms with van der Waals surface area (Å²) in [6, 6.07) is 45.5. The van der Waals surface area contributed by atoms with Crippen molar-refractivity contribution in [2.24, 2.45) is 5.16 Å². The number of carbonyl (C=O) groups is 3. The van der Waals surface area contributed by atoms with Crippen LogP contribution in [0.4, 0.5) is 10.3 Å². The van der Waals surface area contributed by atoms with E-state index in [1.54, 1.807) is 0 Å². The number of anilines is 2. The number of β-lactam (4-membered cyclic amide) rings is 1. The maximum absolute atomic E-state index is 14.7. The van der Waals surface area contributed by atoms with Gasteiger partial charge in [-0.3, -0.25) is 14.5 Å². The number of aromatic nitrogens is 3. The first-order valence-electron chi connectivity index (χ1n) is 20.0. The zero-order chi connectivity index (χ0) is 44.2. The number of thiazole rings is 1. The molecule has 64 heavy (non-hydrogen) atoms. The minimum atomic E-state index is -1.36. The van der Waals surface area contributed by atoms with Crippen LogP contribution in [0.2, 0.25) is 4.34 Å². The number of nitrogen functional groups attached to an aromatic ring is 2. The first-order chi connectivity index (χ1) is 31.2. The Labute approximate surface area is 384 Å². The van der Waals surface area contributed by atoms with Gasteiger partial charge in [0.25, 0.3) is 11.8 Å². The Kier molecular flexibility index (Phi) is 12.3. The fraction of sp³-hybridized carbons (Fsp3) is 0.128. The van der Waals surface area contributed by atoms with Crippen molar-refractivity contribution in [2.75, 3.05) is 11.5 Å². The highest BCUT2D eigenvalue weighted by Gasteiger charge is 2.54. The zero-order valence-corrected chi connectivity index (χ0v) is 36.8. The quantitative estimate of drug-likeness (QED) is 0.0313. The average Bonchev–Trinajstić information content (AvgIpc) is 3.91. The molecule has 5 N–H and O–H groups in total. The Balaban J connectivity index is 1.06. The topological polar surface area (TPSA) is 188 Å². The Hall–Kier alpha value is -6.85. The summed E-state index contributed by atoms with van der Waals surface area (Å²) < 4.78 is 6.91. The first kappa shape index (κ1) is 42.5. The third-order valence-electron chi connectivity index (χ3n) is 10.8. The average molecular weight is 926 g/mol. The monoisotopic (exact) mass is 924 g/mol. The van der Waals surface area contributed by atoms with Crippen molar-refractivity contribution in [1.82, 2.24) is 25.4 Å². The molecule has 1 saturated heterocycles. The SMILES string of the molecule is Nc1nnc(SC2=C(C(=O)OC(c3ccccc3)c3ccccc3)N3C(=O)[C@@H](NC(=O)/C(=N\OC(c4ccccc4)(c4ccccc4)c4ccccc4)c4nc(N)sc4Cl)C3CC2)s1. The van der Waals surface area contributed by atoms with Crippen molar-refractivity contribution >= 4 is 79.8 Å². The van der Waals surface area contributed by atoms with Gasteiger partial charge in [-0.2, -0.15) is 0 Å². The van der Waals surface area contributed by atoms with Gasteiger partial charge in [-0.25, -0.2) is 9.78 Å². The predicted molar refractivity (Wildman–Crippen MR) is 248 cm³/mol. The van der Waals surface area contributed by atoms with E-state index in [9.17, 15) is 14.4 Å². The van der Waals surface area contributed by atoms with Gasteiger partial charge in [0.15, 0.2) is 21.3 Å². The summed E-state index contributed by atoms with van der Waals surface area (Å²) in [5.41, 5.74) is 14.0. The number of rotatable bonds is 14. The van der Waals surface area contributed by atoms with Crippen molar-refractivity contribution in [2.45, 2.75) is 41.0 Å². The van der Waals surface area contributed by atoms with Crippen LogP contribution < -0.4 is 16.8 Å². The van der Waals surface area contributed by atoms with Crippen LogP contribution >= 0.6 is 46.0 Å². The predicted octanol–water partition coefficient (Wildman–Crippen LogP) is 8.35. The summed E-state index contributed by atoms with van der Waals surface area (Å²) in [6.45, 7) is 0. The zero-order valence-electron chi connectivity index (χ0n) is 33.6. The number of carbonyl (C=O) groups excluding carboxylic acids is 3. The van der Waals surface area contributed by atoms with E-state index in [-0.39, 0.29) is 31.7 Å². The minimum absolute atomic E-state index is 0.0240. The molecule has 1 unspecified atom stereocenters. The van der Waals surface area contributed by atoms with Crippen LogP contribution in [0.15, 0.2) is 172 Å². The highest BCUT2D eigenvalue weighted by molar-refractivity contribution is 8.04. The number of nitrogens with zero attached hydrogens (tertiary/aromatic N) is 5. The molecule has 9 rings (SSSR count). The van der Waals surface area contributed by atoms with Crippen molar-refractivity contribution in [3.8, 4) is 0 Å². The van der Waals surface area contributed by atoms with E-state index >= 15 is 0 Å². The summed E-state index contributed by atoms with van der Waals surface area (Å²) >= 11 is 10.0. The van der Waals surface area contributed by atoms with Crippen molar-refractivity contribution in [3.63, 3.8) is 0 Å². The number of ether oxygens (including phenoxy) is 1. The number of esters is 1. The van der Waals surface area contributed by atoms with E-state index in [1.807, 2.05) is 152 Å². The van der Waals surface area contributed by atoms with Crippen molar-refractivity contribution < 1.29 is 24.0 Å². The molecular formula is C47H37ClN8O5S3. The molecule has 0 bridgehead atoms. The summed E-state index contributed by atoms with van der Waals surface area (Å²) in [5.74, 6) is -2.05. The van der Waals surface area contributed by atoms with Crippen LogP contribution in [-0.2, 0) is 29.6 Å². The van der Waals surface area contributed by atoms with Crippen LogP contribution in [0, 0.1) is 0 Å². The van der Waals surface area contributed by atoms with Gasteiger partial charge in [-0.05, 0) is 24.0 Å². The fourth-order valence-electron chi connectivity index (χ4n) is 7.89. The molecule has 17 heteroatoms. The van der Waals surface area contributed by atoms with Crippen LogP contribution in [0.25, 0.3) is 0 Å². The largest absolute Gasteiger partial charge is 0.448 e. The maximum atomic E-state index is 14.7. The van der Waals surface area contributed by atoms with Crippen molar-refractivity contribution in [1.29, 1.82) is 0 Å². The molecule has 0 aliphatic carbocycles. The van der Waals surface area contributed by atoms with Gasteiger partial charge >= 0.3 is 5.97 Å². The standard InChI is InChI=1S/C47H37ClN8O5S3/c48-40-36(52-44(49)63-40)37(55-61-47(30-20-10-3-11-21-30,31-22-12-4-13-23-31)32-24-14-5-15-25-32)41(57)51-35-33-26-27-34(62-46-54-53-45(50)64-46)38(56(33)42(35)58)43(59)60-39(28-16-6-1-7-17-28)29-18-8-2-9-19-29/h1-25,33,35,39H,26-27H2,(H2,49,52)(H2,50,53)(H,51,57)/b55-37-/t33?,35-/m0/s1. The molecule has 2 atom stereocenters. The number of hydrogen-bond acceptors (Lipinski definition) is 14. The minimum Gasteiger partial charge on any atom is -0.448 e. The lowest BCUT2D eigenvalue weighted by Gasteiger charge is -2.50. The summed E-state index contributed by atoms with van der Waals surface area (Å²) in [6.07, 6.45) is -0.0534.